The van der Waals surface area contributed by atoms with Crippen molar-refractivity contribution < 1.29 is 13.5 Å². The largest absolute Gasteiger partial charge is 0.392 e. The zero-order valence-electron chi connectivity index (χ0n) is 9.46. The number of nitrogens with zero attached hydrogens (tertiary/aromatic N) is 1. The number of rotatable bonds is 6. The van der Waals surface area contributed by atoms with Crippen molar-refractivity contribution in [3.05, 3.63) is 23.9 Å². The van der Waals surface area contributed by atoms with E-state index in [9.17, 15) is 8.42 Å². The van der Waals surface area contributed by atoms with Gasteiger partial charge in [-0.05, 0) is 24.0 Å². The van der Waals surface area contributed by atoms with Crippen molar-refractivity contribution in [1.29, 1.82) is 0 Å². The summed E-state index contributed by atoms with van der Waals surface area (Å²) in [7, 11) is -3.50. The van der Waals surface area contributed by atoms with Crippen LogP contribution in [0.2, 0.25) is 0 Å². The van der Waals surface area contributed by atoms with Gasteiger partial charge in [0.15, 0.2) is 5.03 Å². The summed E-state index contributed by atoms with van der Waals surface area (Å²) >= 11 is 0. The monoisotopic (exact) mass is 256 g/mol. The fraction of sp³-hybridized carbons (Fsp3) is 0.545. The lowest BCUT2D eigenvalue weighted by molar-refractivity contribution is 0.281. The summed E-state index contributed by atoms with van der Waals surface area (Å²) in [4.78, 5) is 3.82. The summed E-state index contributed by atoms with van der Waals surface area (Å²) in [5.74, 6) is 0.697. The third-order valence-electron chi connectivity index (χ3n) is 2.80. The third-order valence-corrected chi connectivity index (χ3v) is 4.17. The Morgan fingerprint density at radius 2 is 2.18 bits per heavy atom. The number of aliphatic hydroxyl groups is 1. The molecule has 0 spiro atoms. The molecule has 0 bridgehead atoms. The normalized spacial score (nSPS) is 16.1. The summed E-state index contributed by atoms with van der Waals surface area (Å²) in [5.41, 5.74) is 0.599. The van der Waals surface area contributed by atoms with Crippen LogP contribution < -0.4 is 4.72 Å². The SMILES string of the molecule is O=S(=O)(NCCC1CC1)c1ccc(CO)cn1. The number of hydrogen-bond donors (Lipinski definition) is 2. The Balaban J connectivity index is 1.96. The van der Waals surface area contributed by atoms with Crippen LogP contribution in [0.4, 0.5) is 0 Å². The highest BCUT2D eigenvalue weighted by Crippen LogP contribution is 2.31. The first-order chi connectivity index (χ1) is 8.12. The van der Waals surface area contributed by atoms with Gasteiger partial charge in [-0.2, -0.15) is 0 Å². The minimum Gasteiger partial charge on any atom is -0.392 e. The molecule has 0 unspecified atom stereocenters. The molecule has 0 radical (unpaired) electrons. The van der Waals surface area contributed by atoms with Crippen LogP contribution in [-0.4, -0.2) is 25.1 Å². The minimum atomic E-state index is -3.50. The summed E-state index contributed by atoms with van der Waals surface area (Å²) in [6.45, 7) is 0.332. The first-order valence-corrected chi connectivity index (χ1v) is 7.15. The number of hydrogen-bond acceptors (Lipinski definition) is 4. The van der Waals surface area contributed by atoms with Crippen LogP contribution in [0.1, 0.15) is 24.8 Å². The minimum absolute atomic E-state index is 0.00509. The Bertz CT molecular complexity index is 466. The van der Waals surface area contributed by atoms with E-state index in [1.807, 2.05) is 0 Å². The van der Waals surface area contributed by atoms with E-state index in [2.05, 4.69) is 9.71 Å². The molecule has 1 aliphatic rings. The summed E-state index contributed by atoms with van der Waals surface area (Å²) in [6.07, 6.45) is 4.69. The maximum absolute atomic E-state index is 11.8. The topological polar surface area (TPSA) is 79.3 Å². The fourth-order valence-corrected chi connectivity index (χ4v) is 2.51. The summed E-state index contributed by atoms with van der Waals surface area (Å²) in [6, 6.07) is 2.97. The molecule has 1 heterocycles. The molecule has 1 saturated carbocycles. The molecule has 1 aliphatic carbocycles. The maximum atomic E-state index is 11.8. The number of aromatic nitrogens is 1. The van der Waals surface area contributed by atoms with Gasteiger partial charge in [-0.1, -0.05) is 18.9 Å². The van der Waals surface area contributed by atoms with E-state index >= 15 is 0 Å². The second-order valence-corrected chi connectivity index (χ2v) is 6.01. The van der Waals surface area contributed by atoms with Gasteiger partial charge in [0.05, 0.1) is 6.61 Å². The highest BCUT2D eigenvalue weighted by molar-refractivity contribution is 7.89. The van der Waals surface area contributed by atoms with Gasteiger partial charge in [0, 0.05) is 12.7 Å². The molecule has 0 saturated heterocycles. The molecular formula is C11H16N2O3S. The van der Waals surface area contributed by atoms with Crippen molar-refractivity contribution in [3.8, 4) is 0 Å². The van der Waals surface area contributed by atoms with E-state index in [-0.39, 0.29) is 11.6 Å². The number of sulfonamides is 1. The molecule has 6 heteroatoms. The standard InChI is InChI=1S/C11H16N2O3S/c14-8-10-3-4-11(12-7-10)17(15,16)13-6-5-9-1-2-9/h3-4,7,9,13-14H,1-2,5-6,8H2. The van der Waals surface area contributed by atoms with Crippen LogP contribution in [0.15, 0.2) is 23.4 Å². The van der Waals surface area contributed by atoms with Gasteiger partial charge in [0.1, 0.15) is 0 Å². The quantitative estimate of drug-likeness (QED) is 0.783. The fourth-order valence-electron chi connectivity index (χ4n) is 1.54. The van der Waals surface area contributed by atoms with Crippen molar-refractivity contribution in [2.24, 2.45) is 5.92 Å². The van der Waals surface area contributed by atoms with Crippen LogP contribution in [0.3, 0.4) is 0 Å². The van der Waals surface area contributed by atoms with E-state index in [0.717, 1.165) is 6.42 Å². The van der Waals surface area contributed by atoms with Crippen molar-refractivity contribution >= 4 is 10.0 Å². The summed E-state index contributed by atoms with van der Waals surface area (Å²) < 4.78 is 26.1. The molecular weight excluding hydrogens is 240 g/mol. The van der Waals surface area contributed by atoms with Crippen molar-refractivity contribution in [2.75, 3.05) is 6.54 Å². The molecule has 0 atom stereocenters. The van der Waals surface area contributed by atoms with E-state index in [0.29, 0.717) is 18.0 Å². The molecule has 2 rings (SSSR count). The average molecular weight is 256 g/mol. The van der Waals surface area contributed by atoms with Gasteiger partial charge in [-0.25, -0.2) is 18.1 Å². The number of aliphatic hydroxyl groups excluding tert-OH is 1. The molecule has 17 heavy (non-hydrogen) atoms. The Hall–Kier alpha value is -0.980. The maximum Gasteiger partial charge on any atom is 0.258 e. The predicted octanol–water partition coefficient (Wildman–Crippen LogP) is 0.652. The van der Waals surface area contributed by atoms with Gasteiger partial charge >= 0.3 is 0 Å². The third kappa shape index (κ3) is 3.49. The highest BCUT2D eigenvalue weighted by atomic mass is 32.2. The van der Waals surface area contributed by atoms with E-state index in [1.165, 1.54) is 25.1 Å². The molecule has 0 aromatic carbocycles. The Labute approximate surface area is 101 Å². The Morgan fingerprint density at radius 3 is 2.71 bits per heavy atom. The molecule has 2 N–H and O–H groups in total. The van der Waals surface area contributed by atoms with Crippen molar-refractivity contribution in [2.45, 2.75) is 30.9 Å². The van der Waals surface area contributed by atoms with Gasteiger partial charge in [0.25, 0.3) is 10.0 Å². The van der Waals surface area contributed by atoms with Gasteiger partial charge in [0.2, 0.25) is 0 Å². The van der Waals surface area contributed by atoms with E-state index < -0.39 is 10.0 Å². The number of nitrogens with one attached hydrogen (secondary N) is 1. The van der Waals surface area contributed by atoms with Crippen LogP contribution in [0.5, 0.6) is 0 Å². The second kappa shape index (κ2) is 5.12. The smallest absolute Gasteiger partial charge is 0.258 e. The first-order valence-electron chi connectivity index (χ1n) is 5.67. The molecule has 5 nitrogen and oxygen atoms in total. The first kappa shape index (κ1) is 12.5. The highest BCUT2D eigenvalue weighted by Gasteiger charge is 2.22. The average Bonchev–Trinajstić information content (AvgIpc) is 3.13. The number of pyridine rings is 1. The van der Waals surface area contributed by atoms with E-state index in [1.54, 1.807) is 6.07 Å². The molecule has 1 fully saturated rings. The summed E-state index contributed by atoms with van der Waals surface area (Å²) in [5, 5.41) is 8.84. The lowest BCUT2D eigenvalue weighted by Gasteiger charge is -2.05. The molecule has 1 aromatic rings. The Morgan fingerprint density at radius 1 is 1.41 bits per heavy atom. The van der Waals surface area contributed by atoms with Crippen LogP contribution in [-0.2, 0) is 16.6 Å². The van der Waals surface area contributed by atoms with Crippen LogP contribution in [0, 0.1) is 5.92 Å². The zero-order chi connectivity index (χ0) is 12.3. The Kier molecular flexibility index (Phi) is 3.76. The van der Waals surface area contributed by atoms with Crippen LogP contribution in [0.25, 0.3) is 0 Å². The molecule has 94 valence electrons. The lowest BCUT2D eigenvalue weighted by atomic mass is 10.3. The lowest BCUT2D eigenvalue weighted by Crippen LogP contribution is -2.25. The van der Waals surface area contributed by atoms with Gasteiger partial charge in [-0.3, -0.25) is 0 Å². The van der Waals surface area contributed by atoms with Crippen molar-refractivity contribution in [1.82, 2.24) is 9.71 Å². The van der Waals surface area contributed by atoms with E-state index in [4.69, 9.17) is 5.11 Å². The molecule has 0 amide bonds. The van der Waals surface area contributed by atoms with Gasteiger partial charge in [-0.15, -0.1) is 0 Å². The van der Waals surface area contributed by atoms with Crippen molar-refractivity contribution in [3.63, 3.8) is 0 Å². The molecule has 0 aliphatic heterocycles. The van der Waals surface area contributed by atoms with Gasteiger partial charge < -0.3 is 5.11 Å². The predicted molar refractivity (Wildman–Crippen MR) is 62.7 cm³/mol. The second-order valence-electron chi connectivity index (χ2n) is 4.29. The van der Waals surface area contributed by atoms with Crippen LogP contribution >= 0.6 is 0 Å². The zero-order valence-corrected chi connectivity index (χ0v) is 10.3. The molecule has 1 aromatic heterocycles.